The lowest BCUT2D eigenvalue weighted by Crippen LogP contribution is -2.42. The van der Waals surface area contributed by atoms with Crippen LogP contribution in [0.1, 0.15) is 5.82 Å². The third kappa shape index (κ3) is 3.72. The highest BCUT2D eigenvalue weighted by atomic mass is 16.6. The number of rotatable bonds is 5. The van der Waals surface area contributed by atoms with E-state index in [0.29, 0.717) is 32.1 Å². The maximum absolute atomic E-state index is 10.6. The summed E-state index contributed by atoms with van der Waals surface area (Å²) in [6, 6.07) is 0. The van der Waals surface area contributed by atoms with Gasteiger partial charge in [-0.05, 0) is 9.91 Å². The van der Waals surface area contributed by atoms with E-state index in [0.717, 1.165) is 13.1 Å². The highest BCUT2D eigenvalue weighted by Gasteiger charge is 2.19. The predicted molar refractivity (Wildman–Crippen MR) is 66.9 cm³/mol. The molecule has 106 valence electrons. The largest absolute Gasteiger partial charge is 0.390 e. The summed E-state index contributed by atoms with van der Waals surface area (Å²) < 4.78 is 6.85. The maximum atomic E-state index is 10.6. The number of nitro groups is 1. The molecule has 0 radical (unpaired) electrons. The normalized spacial score (nSPS) is 18.4. The summed E-state index contributed by atoms with van der Waals surface area (Å²) in [4.78, 5) is 16.0. The van der Waals surface area contributed by atoms with Crippen LogP contribution in [0.15, 0.2) is 6.20 Å². The van der Waals surface area contributed by atoms with Crippen molar-refractivity contribution in [3.8, 4) is 0 Å². The topological polar surface area (TPSA) is 93.7 Å². The van der Waals surface area contributed by atoms with E-state index in [9.17, 15) is 15.2 Å². The van der Waals surface area contributed by atoms with Gasteiger partial charge in [0, 0.05) is 26.6 Å². The molecule has 0 amide bonds. The average molecular weight is 270 g/mol. The van der Waals surface area contributed by atoms with Crippen molar-refractivity contribution in [2.45, 2.75) is 19.6 Å². The van der Waals surface area contributed by atoms with Crippen LogP contribution in [0.3, 0.4) is 0 Å². The molecule has 0 bridgehead atoms. The number of aromatic nitrogens is 2. The SMILES string of the molecule is Cc1nc([N+](=O)[O-])cn1CC(O)CN1CCOCC1. The molecule has 1 fully saturated rings. The van der Waals surface area contributed by atoms with Crippen LogP contribution in [-0.4, -0.2) is 63.4 Å². The zero-order valence-electron chi connectivity index (χ0n) is 10.9. The molecule has 8 heteroatoms. The Kier molecular flexibility index (Phi) is 4.46. The van der Waals surface area contributed by atoms with Gasteiger partial charge in [0.05, 0.1) is 25.9 Å². The summed E-state index contributed by atoms with van der Waals surface area (Å²) >= 11 is 0. The molecular formula is C11H18N4O4. The van der Waals surface area contributed by atoms with Gasteiger partial charge in [-0.1, -0.05) is 0 Å². The molecule has 0 saturated carbocycles. The van der Waals surface area contributed by atoms with Gasteiger partial charge in [-0.25, -0.2) is 0 Å². The lowest BCUT2D eigenvalue weighted by Gasteiger charge is -2.28. The van der Waals surface area contributed by atoms with E-state index >= 15 is 0 Å². The van der Waals surface area contributed by atoms with Crippen molar-refractivity contribution in [1.29, 1.82) is 0 Å². The van der Waals surface area contributed by atoms with Crippen LogP contribution >= 0.6 is 0 Å². The van der Waals surface area contributed by atoms with Gasteiger partial charge >= 0.3 is 5.82 Å². The molecule has 1 aromatic heterocycles. The molecule has 2 heterocycles. The third-order valence-electron chi connectivity index (χ3n) is 3.13. The quantitative estimate of drug-likeness (QED) is 0.588. The van der Waals surface area contributed by atoms with Gasteiger partial charge in [0.25, 0.3) is 0 Å². The highest BCUT2D eigenvalue weighted by Crippen LogP contribution is 2.11. The molecule has 1 aromatic rings. The number of nitrogens with zero attached hydrogens (tertiary/aromatic N) is 4. The molecule has 1 N–H and O–H groups in total. The maximum Gasteiger partial charge on any atom is 0.381 e. The predicted octanol–water partition coefficient (Wildman–Crippen LogP) is -0.207. The van der Waals surface area contributed by atoms with Crippen molar-refractivity contribution in [2.24, 2.45) is 0 Å². The van der Waals surface area contributed by atoms with Crippen LogP contribution in [0.5, 0.6) is 0 Å². The number of aliphatic hydroxyl groups excluding tert-OH is 1. The van der Waals surface area contributed by atoms with Crippen molar-refractivity contribution in [1.82, 2.24) is 14.5 Å². The van der Waals surface area contributed by atoms with E-state index < -0.39 is 11.0 Å². The Hall–Kier alpha value is -1.51. The summed E-state index contributed by atoms with van der Waals surface area (Å²) in [5.41, 5.74) is 0. The van der Waals surface area contributed by atoms with Crippen molar-refractivity contribution in [3.63, 3.8) is 0 Å². The van der Waals surface area contributed by atoms with Gasteiger partial charge < -0.3 is 24.5 Å². The van der Waals surface area contributed by atoms with Crippen molar-refractivity contribution >= 4 is 5.82 Å². The molecule has 1 unspecified atom stereocenters. The van der Waals surface area contributed by atoms with Crippen LogP contribution in [0.4, 0.5) is 5.82 Å². The average Bonchev–Trinajstić information content (AvgIpc) is 2.72. The van der Waals surface area contributed by atoms with Gasteiger partial charge in [-0.2, -0.15) is 0 Å². The minimum atomic E-state index is -0.578. The Morgan fingerprint density at radius 2 is 2.21 bits per heavy atom. The Bertz CT molecular complexity index is 442. The summed E-state index contributed by atoms with van der Waals surface area (Å²) in [6.07, 6.45) is 0.781. The molecule has 19 heavy (non-hydrogen) atoms. The first-order valence-electron chi connectivity index (χ1n) is 6.22. The summed E-state index contributed by atoms with van der Waals surface area (Å²) in [5, 5.41) is 20.6. The summed E-state index contributed by atoms with van der Waals surface area (Å²) in [6.45, 7) is 5.51. The first kappa shape index (κ1) is 13.9. The first-order chi connectivity index (χ1) is 9.06. The fraction of sp³-hybridized carbons (Fsp3) is 0.727. The van der Waals surface area contributed by atoms with Crippen molar-refractivity contribution in [2.75, 3.05) is 32.8 Å². The number of hydrogen-bond acceptors (Lipinski definition) is 6. The number of hydrogen-bond donors (Lipinski definition) is 1. The Morgan fingerprint density at radius 3 is 2.79 bits per heavy atom. The van der Waals surface area contributed by atoms with Gasteiger partial charge in [-0.15, -0.1) is 0 Å². The van der Waals surface area contributed by atoms with Crippen LogP contribution < -0.4 is 0 Å². The minimum absolute atomic E-state index is 0.184. The number of aliphatic hydroxyl groups is 1. The van der Waals surface area contributed by atoms with Crippen molar-refractivity contribution in [3.05, 3.63) is 22.1 Å². The second-order valence-electron chi connectivity index (χ2n) is 4.62. The Morgan fingerprint density at radius 1 is 1.53 bits per heavy atom. The molecule has 1 aliphatic rings. The van der Waals surface area contributed by atoms with E-state index in [1.807, 2.05) is 0 Å². The first-order valence-corrected chi connectivity index (χ1v) is 6.22. The second-order valence-corrected chi connectivity index (χ2v) is 4.62. The molecule has 1 saturated heterocycles. The zero-order valence-corrected chi connectivity index (χ0v) is 10.9. The number of imidazole rings is 1. The molecular weight excluding hydrogens is 252 g/mol. The monoisotopic (exact) mass is 270 g/mol. The van der Waals surface area contributed by atoms with Crippen LogP contribution in [0.2, 0.25) is 0 Å². The van der Waals surface area contributed by atoms with E-state index in [2.05, 4.69) is 9.88 Å². The second kappa shape index (κ2) is 6.09. The third-order valence-corrected chi connectivity index (χ3v) is 3.13. The van der Waals surface area contributed by atoms with Gasteiger partial charge in [-0.3, -0.25) is 4.90 Å². The fourth-order valence-electron chi connectivity index (χ4n) is 2.13. The number of ether oxygens (including phenoxy) is 1. The van der Waals surface area contributed by atoms with Gasteiger partial charge in [0.2, 0.25) is 5.82 Å². The van der Waals surface area contributed by atoms with E-state index in [-0.39, 0.29) is 5.82 Å². The van der Waals surface area contributed by atoms with Crippen molar-refractivity contribution < 1.29 is 14.8 Å². The Balaban J connectivity index is 1.90. The van der Waals surface area contributed by atoms with Gasteiger partial charge in [0.1, 0.15) is 6.20 Å². The standard InChI is InChI=1S/C11H18N4O4/c1-9-12-11(15(17)18)8-14(9)7-10(16)6-13-2-4-19-5-3-13/h8,10,16H,2-7H2,1H3. The van der Waals surface area contributed by atoms with Gasteiger partial charge in [0.15, 0.2) is 0 Å². The smallest absolute Gasteiger partial charge is 0.381 e. The summed E-state index contributed by atoms with van der Waals surface area (Å²) in [7, 11) is 0. The van der Waals surface area contributed by atoms with E-state index in [1.54, 1.807) is 11.5 Å². The lowest BCUT2D eigenvalue weighted by atomic mass is 10.3. The van der Waals surface area contributed by atoms with Crippen LogP contribution in [0.25, 0.3) is 0 Å². The molecule has 0 spiro atoms. The van der Waals surface area contributed by atoms with Crippen LogP contribution in [0, 0.1) is 17.0 Å². The van der Waals surface area contributed by atoms with Crippen LogP contribution in [-0.2, 0) is 11.3 Å². The molecule has 1 aliphatic heterocycles. The van der Waals surface area contributed by atoms with E-state index in [4.69, 9.17) is 4.74 Å². The summed E-state index contributed by atoms with van der Waals surface area (Å²) in [5.74, 6) is 0.351. The minimum Gasteiger partial charge on any atom is -0.390 e. The highest BCUT2D eigenvalue weighted by molar-refractivity contribution is 5.16. The molecule has 1 atom stereocenters. The lowest BCUT2D eigenvalue weighted by molar-refractivity contribution is -0.389. The molecule has 0 aromatic carbocycles. The van der Waals surface area contributed by atoms with E-state index in [1.165, 1.54) is 6.20 Å². The number of aryl methyl sites for hydroxylation is 1. The Labute approximate surface area is 110 Å². The zero-order chi connectivity index (χ0) is 13.8. The molecule has 8 nitrogen and oxygen atoms in total. The number of morpholine rings is 1. The fourth-order valence-corrected chi connectivity index (χ4v) is 2.13. The molecule has 0 aliphatic carbocycles. The molecule has 2 rings (SSSR count). The number of β-amino-alcohol motifs (C(OH)–C–C–N with tert-alkyl or cyclic N) is 1.